The zero-order valence-electron chi connectivity index (χ0n) is 17.7. The summed E-state index contributed by atoms with van der Waals surface area (Å²) in [7, 11) is -3.64. The second-order valence-corrected chi connectivity index (χ2v) is 9.57. The van der Waals surface area contributed by atoms with Gasteiger partial charge in [-0.3, -0.25) is 0 Å². The summed E-state index contributed by atoms with van der Waals surface area (Å²) in [5.41, 5.74) is 0. The Balaban J connectivity index is 1.32. The van der Waals surface area contributed by atoms with Crippen LogP contribution in [0.2, 0.25) is 0 Å². The summed E-state index contributed by atoms with van der Waals surface area (Å²) in [6.45, 7) is 4.67. The lowest BCUT2D eigenvalue weighted by atomic mass is 10.3. The van der Waals surface area contributed by atoms with Crippen LogP contribution in [-0.2, 0) is 10.0 Å². The van der Waals surface area contributed by atoms with Crippen LogP contribution >= 0.6 is 0 Å². The van der Waals surface area contributed by atoms with Crippen molar-refractivity contribution in [3.63, 3.8) is 0 Å². The first-order chi connectivity index (χ1) is 15.5. The van der Waals surface area contributed by atoms with E-state index in [4.69, 9.17) is 9.47 Å². The smallest absolute Gasteiger partial charge is 0.243 e. The molecule has 168 valence electrons. The first-order valence-electron chi connectivity index (χ1n) is 10.5. The van der Waals surface area contributed by atoms with Crippen molar-refractivity contribution in [2.45, 2.75) is 18.2 Å². The Labute approximate surface area is 186 Å². The quantitative estimate of drug-likeness (QED) is 0.584. The average molecular weight is 457 g/mol. The van der Waals surface area contributed by atoms with E-state index in [0.717, 1.165) is 12.2 Å². The van der Waals surface area contributed by atoms with Crippen LogP contribution in [0.5, 0.6) is 11.5 Å². The summed E-state index contributed by atoms with van der Waals surface area (Å²) in [4.78, 5) is 11.3. The van der Waals surface area contributed by atoms with E-state index >= 15 is 0 Å². The molecule has 0 aliphatic carbocycles. The number of benzene rings is 1. The number of anilines is 1. The molecule has 1 saturated heterocycles. The van der Waals surface area contributed by atoms with E-state index in [0.29, 0.717) is 62.5 Å². The molecule has 0 saturated carbocycles. The van der Waals surface area contributed by atoms with Crippen LogP contribution in [0, 0.1) is 6.92 Å². The fraction of sp³-hybridized carbons (Fsp3) is 0.381. The highest BCUT2D eigenvalue weighted by atomic mass is 32.2. The number of hydrogen-bond donors (Lipinski definition) is 0. The van der Waals surface area contributed by atoms with Gasteiger partial charge in [0.15, 0.2) is 17.3 Å². The highest BCUT2D eigenvalue weighted by molar-refractivity contribution is 7.89. The molecule has 4 heterocycles. The van der Waals surface area contributed by atoms with Gasteiger partial charge >= 0.3 is 0 Å². The van der Waals surface area contributed by atoms with Crippen LogP contribution in [0.25, 0.3) is 5.82 Å². The molecule has 10 nitrogen and oxygen atoms in total. The van der Waals surface area contributed by atoms with Crippen molar-refractivity contribution in [3.05, 3.63) is 48.5 Å². The minimum Gasteiger partial charge on any atom is -0.490 e. The number of ether oxygens (including phenoxy) is 2. The molecular formula is C21H24N6O4S. The molecule has 2 aromatic heterocycles. The maximum absolute atomic E-state index is 13.2. The molecule has 5 rings (SSSR count). The van der Waals surface area contributed by atoms with Crippen molar-refractivity contribution in [1.29, 1.82) is 0 Å². The molecule has 0 bridgehead atoms. The molecule has 3 aromatic rings. The van der Waals surface area contributed by atoms with Gasteiger partial charge in [-0.2, -0.15) is 9.40 Å². The van der Waals surface area contributed by atoms with Crippen molar-refractivity contribution < 1.29 is 17.9 Å². The van der Waals surface area contributed by atoms with Gasteiger partial charge in [-0.25, -0.2) is 23.1 Å². The maximum Gasteiger partial charge on any atom is 0.243 e. The lowest BCUT2D eigenvalue weighted by Gasteiger charge is -2.34. The molecule has 1 fully saturated rings. The Morgan fingerprint density at radius 3 is 2.44 bits per heavy atom. The van der Waals surface area contributed by atoms with E-state index in [-0.39, 0.29) is 4.90 Å². The number of piperazine rings is 1. The summed E-state index contributed by atoms with van der Waals surface area (Å²) in [5.74, 6) is 3.13. The summed E-state index contributed by atoms with van der Waals surface area (Å²) in [6.07, 6.45) is 4.29. The molecule has 0 atom stereocenters. The molecule has 1 aromatic carbocycles. The number of rotatable bonds is 4. The van der Waals surface area contributed by atoms with Gasteiger partial charge in [0.1, 0.15) is 11.6 Å². The fourth-order valence-electron chi connectivity index (χ4n) is 3.83. The van der Waals surface area contributed by atoms with Crippen LogP contribution in [0.3, 0.4) is 0 Å². The summed E-state index contributed by atoms with van der Waals surface area (Å²) < 4.78 is 40.9. The van der Waals surface area contributed by atoms with Gasteiger partial charge in [0.2, 0.25) is 10.0 Å². The van der Waals surface area contributed by atoms with E-state index in [1.165, 1.54) is 4.31 Å². The predicted octanol–water partition coefficient (Wildman–Crippen LogP) is 1.64. The third-order valence-corrected chi connectivity index (χ3v) is 7.36. The van der Waals surface area contributed by atoms with Gasteiger partial charge < -0.3 is 14.4 Å². The standard InChI is InChI=1S/C21H24N6O4S/c1-16-23-20(15-21(24-16)27-7-2-6-22-27)25-8-10-26(11-9-25)32(28,29)17-4-5-18-19(14-17)31-13-3-12-30-18/h2,4-7,14-15H,3,8-13H2,1H3. The third-order valence-electron chi connectivity index (χ3n) is 5.47. The van der Waals surface area contributed by atoms with Crippen LogP contribution in [0.15, 0.2) is 47.6 Å². The lowest BCUT2D eigenvalue weighted by Crippen LogP contribution is -2.49. The first-order valence-corrected chi connectivity index (χ1v) is 12.0. The van der Waals surface area contributed by atoms with Crippen molar-refractivity contribution >= 4 is 15.8 Å². The molecular weight excluding hydrogens is 432 g/mol. The van der Waals surface area contributed by atoms with Crippen molar-refractivity contribution in [2.24, 2.45) is 0 Å². The Bertz CT molecular complexity index is 1210. The van der Waals surface area contributed by atoms with E-state index in [9.17, 15) is 8.42 Å². The van der Waals surface area contributed by atoms with E-state index < -0.39 is 10.0 Å². The highest BCUT2D eigenvalue weighted by Crippen LogP contribution is 2.33. The van der Waals surface area contributed by atoms with Crippen molar-refractivity contribution in [3.8, 4) is 17.3 Å². The molecule has 0 unspecified atom stereocenters. The normalized spacial score (nSPS) is 17.2. The van der Waals surface area contributed by atoms with Gasteiger partial charge in [0, 0.05) is 57.1 Å². The van der Waals surface area contributed by atoms with Gasteiger partial charge in [-0.05, 0) is 25.1 Å². The molecule has 0 N–H and O–H groups in total. The number of aromatic nitrogens is 4. The van der Waals surface area contributed by atoms with Gasteiger partial charge in [-0.1, -0.05) is 0 Å². The molecule has 11 heteroatoms. The van der Waals surface area contributed by atoms with E-state index in [1.807, 2.05) is 25.3 Å². The topological polar surface area (TPSA) is 103 Å². The second kappa shape index (κ2) is 8.40. The Kier molecular flexibility index (Phi) is 5.43. The minimum absolute atomic E-state index is 0.217. The molecule has 2 aliphatic heterocycles. The first kappa shape index (κ1) is 20.7. The zero-order valence-corrected chi connectivity index (χ0v) is 18.5. The maximum atomic E-state index is 13.2. The van der Waals surface area contributed by atoms with Gasteiger partial charge in [-0.15, -0.1) is 0 Å². The summed E-state index contributed by atoms with van der Waals surface area (Å²) in [5, 5.41) is 4.23. The van der Waals surface area contributed by atoms with E-state index in [1.54, 1.807) is 29.1 Å². The lowest BCUT2D eigenvalue weighted by molar-refractivity contribution is 0.296. The van der Waals surface area contributed by atoms with Crippen molar-refractivity contribution in [1.82, 2.24) is 24.1 Å². The van der Waals surface area contributed by atoms with Crippen molar-refractivity contribution in [2.75, 3.05) is 44.3 Å². The SMILES string of the molecule is Cc1nc(N2CCN(S(=O)(=O)c3ccc4c(c3)OCCCO4)CC2)cc(-n2cccn2)n1. The highest BCUT2D eigenvalue weighted by Gasteiger charge is 2.30. The number of fused-ring (bicyclic) bond motifs is 1. The summed E-state index contributed by atoms with van der Waals surface area (Å²) in [6, 6.07) is 8.52. The number of sulfonamides is 1. The Morgan fingerprint density at radius 2 is 1.69 bits per heavy atom. The van der Waals surface area contributed by atoms with Gasteiger partial charge in [0.05, 0.1) is 18.1 Å². The molecule has 2 aliphatic rings. The molecule has 0 amide bonds. The monoisotopic (exact) mass is 456 g/mol. The van der Waals surface area contributed by atoms with Crippen LogP contribution < -0.4 is 14.4 Å². The van der Waals surface area contributed by atoms with Gasteiger partial charge in [0.25, 0.3) is 0 Å². The third kappa shape index (κ3) is 4.00. The fourth-order valence-corrected chi connectivity index (χ4v) is 5.27. The molecule has 32 heavy (non-hydrogen) atoms. The Hall–Kier alpha value is -3.18. The molecule has 0 spiro atoms. The summed E-state index contributed by atoms with van der Waals surface area (Å²) >= 11 is 0. The number of hydrogen-bond acceptors (Lipinski definition) is 8. The largest absolute Gasteiger partial charge is 0.490 e. The minimum atomic E-state index is -3.64. The zero-order chi connectivity index (χ0) is 22.1. The predicted molar refractivity (Wildman–Crippen MR) is 117 cm³/mol. The number of nitrogens with zero attached hydrogens (tertiary/aromatic N) is 6. The second-order valence-electron chi connectivity index (χ2n) is 7.63. The van der Waals surface area contributed by atoms with Crippen LogP contribution in [-0.4, -0.2) is 71.9 Å². The average Bonchev–Trinajstić information content (AvgIpc) is 3.24. The van der Waals surface area contributed by atoms with Crippen LogP contribution in [0.1, 0.15) is 12.2 Å². The van der Waals surface area contributed by atoms with E-state index in [2.05, 4.69) is 20.0 Å². The Morgan fingerprint density at radius 1 is 0.938 bits per heavy atom. The molecule has 0 radical (unpaired) electrons. The van der Waals surface area contributed by atoms with Crippen LogP contribution in [0.4, 0.5) is 5.82 Å². The number of aryl methyl sites for hydroxylation is 1.